The van der Waals surface area contributed by atoms with Crippen LogP contribution in [0.25, 0.3) is 10.8 Å². The van der Waals surface area contributed by atoms with E-state index in [0.29, 0.717) is 6.54 Å². The lowest BCUT2D eigenvalue weighted by atomic mass is 10.1. The van der Waals surface area contributed by atoms with Gasteiger partial charge in [0.05, 0.1) is 13.7 Å². The van der Waals surface area contributed by atoms with Crippen molar-refractivity contribution in [3.8, 4) is 5.75 Å². The Labute approximate surface area is 147 Å². The van der Waals surface area contributed by atoms with Gasteiger partial charge in [0, 0.05) is 12.1 Å². The molecule has 0 saturated carbocycles. The fourth-order valence-corrected chi connectivity index (χ4v) is 2.38. The number of carbonyl (C=O) groups excluding carboxylic acids is 2. The Morgan fingerprint density at radius 1 is 1.00 bits per heavy atom. The van der Waals surface area contributed by atoms with E-state index in [0.717, 1.165) is 22.1 Å². The summed E-state index contributed by atoms with van der Waals surface area (Å²) in [6.45, 7) is 6.00. The van der Waals surface area contributed by atoms with Gasteiger partial charge in [-0.15, -0.1) is 0 Å². The molecule has 0 fully saturated rings. The molecule has 3 N–H and O–H groups in total. The number of hydrogen-bond acceptors (Lipinski definition) is 3. The molecule has 0 aliphatic heterocycles. The molecular weight excluding hydrogens is 318 g/mol. The minimum Gasteiger partial charge on any atom is -0.497 e. The summed E-state index contributed by atoms with van der Waals surface area (Å²) in [4.78, 5) is 23.5. The van der Waals surface area contributed by atoms with Crippen molar-refractivity contribution < 1.29 is 14.3 Å². The molecule has 0 bridgehead atoms. The SMILES string of the molecule is COc1ccc2cc(CNC(=O)NCC(=O)NC(C)(C)C)ccc2c1. The first-order chi connectivity index (χ1) is 11.8. The third-order valence-electron chi connectivity index (χ3n) is 3.49. The molecule has 0 aromatic heterocycles. The Morgan fingerprint density at radius 2 is 1.68 bits per heavy atom. The van der Waals surface area contributed by atoms with Crippen LogP contribution in [0.4, 0.5) is 4.79 Å². The molecule has 6 nitrogen and oxygen atoms in total. The molecule has 2 aromatic carbocycles. The summed E-state index contributed by atoms with van der Waals surface area (Å²) in [5.41, 5.74) is 0.662. The maximum absolute atomic E-state index is 11.8. The van der Waals surface area contributed by atoms with Gasteiger partial charge in [0.25, 0.3) is 0 Å². The summed E-state index contributed by atoms with van der Waals surface area (Å²) >= 11 is 0. The van der Waals surface area contributed by atoms with Crippen molar-refractivity contribution in [1.82, 2.24) is 16.0 Å². The normalized spacial score (nSPS) is 11.0. The quantitative estimate of drug-likeness (QED) is 0.781. The van der Waals surface area contributed by atoms with Crippen LogP contribution in [0.2, 0.25) is 0 Å². The van der Waals surface area contributed by atoms with Crippen LogP contribution in [0.3, 0.4) is 0 Å². The molecule has 0 unspecified atom stereocenters. The predicted octanol–water partition coefficient (Wildman–Crippen LogP) is 2.56. The first-order valence-corrected chi connectivity index (χ1v) is 8.16. The molecule has 2 aromatic rings. The van der Waals surface area contributed by atoms with Crippen LogP contribution in [-0.4, -0.2) is 31.1 Å². The number of ether oxygens (including phenoxy) is 1. The summed E-state index contributed by atoms with van der Waals surface area (Å²) in [5.74, 6) is 0.591. The van der Waals surface area contributed by atoms with Gasteiger partial charge in [-0.2, -0.15) is 0 Å². The molecule has 0 saturated heterocycles. The predicted molar refractivity (Wildman–Crippen MR) is 98.6 cm³/mol. The van der Waals surface area contributed by atoms with Crippen molar-refractivity contribution >= 4 is 22.7 Å². The highest BCUT2D eigenvalue weighted by molar-refractivity contribution is 5.85. The van der Waals surface area contributed by atoms with Crippen LogP contribution in [0.15, 0.2) is 36.4 Å². The second-order valence-corrected chi connectivity index (χ2v) is 6.88. The lowest BCUT2D eigenvalue weighted by molar-refractivity contribution is -0.121. The van der Waals surface area contributed by atoms with Gasteiger partial charge >= 0.3 is 6.03 Å². The van der Waals surface area contributed by atoms with E-state index in [1.54, 1.807) is 7.11 Å². The second kappa shape index (κ2) is 7.88. The van der Waals surface area contributed by atoms with Crippen molar-refractivity contribution in [2.45, 2.75) is 32.9 Å². The van der Waals surface area contributed by atoms with Gasteiger partial charge < -0.3 is 20.7 Å². The number of benzene rings is 2. The summed E-state index contributed by atoms with van der Waals surface area (Å²) < 4.78 is 5.21. The van der Waals surface area contributed by atoms with E-state index in [9.17, 15) is 9.59 Å². The van der Waals surface area contributed by atoms with E-state index < -0.39 is 0 Å². The van der Waals surface area contributed by atoms with Gasteiger partial charge in [-0.25, -0.2) is 4.79 Å². The minimum absolute atomic E-state index is 0.0549. The standard InChI is InChI=1S/C19H25N3O3/c1-19(2,3)22-17(23)12-21-18(24)20-11-13-5-6-15-10-16(25-4)8-7-14(15)9-13/h5-10H,11-12H2,1-4H3,(H,22,23)(H2,20,21,24). The summed E-state index contributed by atoms with van der Waals surface area (Å²) in [6, 6.07) is 11.4. The van der Waals surface area contributed by atoms with Crippen LogP contribution in [0.1, 0.15) is 26.3 Å². The van der Waals surface area contributed by atoms with E-state index in [2.05, 4.69) is 16.0 Å². The summed E-state index contributed by atoms with van der Waals surface area (Å²) in [6.07, 6.45) is 0. The zero-order valence-corrected chi connectivity index (χ0v) is 15.1. The van der Waals surface area contributed by atoms with Gasteiger partial charge in [-0.1, -0.05) is 18.2 Å². The van der Waals surface area contributed by atoms with Gasteiger partial charge in [-0.05, 0) is 55.3 Å². The molecule has 0 atom stereocenters. The molecule has 25 heavy (non-hydrogen) atoms. The smallest absolute Gasteiger partial charge is 0.315 e. The number of methoxy groups -OCH3 is 1. The van der Waals surface area contributed by atoms with E-state index in [1.165, 1.54) is 0 Å². The Bertz CT molecular complexity index is 766. The van der Waals surface area contributed by atoms with Gasteiger partial charge in [-0.3, -0.25) is 4.79 Å². The van der Waals surface area contributed by atoms with Gasteiger partial charge in [0.15, 0.2) is 0 Å². The van der Waals surface area contributed by atoms with E-state index in [1.807, 2.05) is 57.2 Å². The number of fused-ring (bicyclic) bond motifs is 1. The van der Waals surface area contributed by atoms with E-state index in [-0.39, 0.29) is 24.0 Å². The molecule has 0 radical (unpaired) electrons. The van der Waals surface area contributed by atoms with Gasteiger partial charge in [0.1, 0.15) is 5.75 Å². The van der Waals surface area contributed by atoms with Crippen LogP contribution < -0.4 is 20.7 Å². The minimum atomic E-state index is -0.376. The molecule has 0 spiro atoms. The van der Waals surface area contributed by atoms with Crippen molar-refractivity contribution in [3.63, 3.8) is 0 Å². The highest BCUT2D eigenvalue weighted by Gasteiger charge is 2.14. The monoisotopic (exact) mass is 343 g/mol. The fourth-order valence-electron chi connectivity index (χ4n) is 2.38. The summed E-state index contributed by atoms with van der Waals surface area (Å²) in [7, 11) is 1.64. The molecule has 0 heterocycles. The molecule has 0 aliphatic carbocycles. The van der Waals surface area contributed by atoms with Crippen LogP contribution in [0.5, 0.6) is 5.75 Å². The lowest BCUT2D eigenvalue weighted by Gasteiger charge is -2.20. The second-order valence-electron chi connectivity index (χ2n) is 6.88. The average Bonchev–Trinajstić information content (AvgIpc) is 2.56. The van der Waals surface area contributed by atoms with Crippen molar-refractivity contribution in [2.24, 2.45) is 0 Å². The Morgan fingerprint density at radius 3 is 2.36 bits per heavy atom. The van der Waals surface area contributed by atoms with Crippen LogP contribution >= 0.6 is 0 Å². The number of nitrogens with one attached hydrogen (secondary N) is 3. The maximum atomic E-state index is 11.8. The third kappa shape index (κ3) is 5.99. The molecule has 134 valence electrons. The topological polar surface area (TPSA) is 79.5 Å². The Balaban J connectivity index is 1.85. The molecule has 6 heteroatoms. The molecule has 2 rings (SSSR count). The molecule has 0 aliphatic rings. The average molecular weight is 343 g/mol. The lowest BCUT2D eigenvalue weighted by Crippen LogP contribution is -2.47. The van der Waals surface area contributed by atoms with Crippen LogP contribution in [0, 0.1) is 0 Å². The number of hydrogen-bond donors (Lipinski definition) is 3. The molecular formula is C19H25N3O3. The first kappa shape index (κ1) is 18.6. The van der Waals surface area contributed by atoms with E-state index in [4.69, 9.17) is 4.74 Å². The Kier molecular flexibility index (Phi) is 5.85. The van der Waals surface area contributed by atoms with Crippen molar-refractivity contribution in [1.29, 1.82) is 0 Å². The van der Waals surface area contributed by atoms with E-state index >= 15 is 0 Å². The van der Waals surface area contributed by atoms with Crippen LogP contribution in [-0.2, 0) is 11.3 Å². The number of carbonyl (C=O) groups is 2. The largest absolute Gasteiger partial charge is 0.497 e. The van der Waals surface area contributed by atoms with Crippen molar-refractivity contribution in [2.75, 3.05) is 13.7 Å². The number of amides is 3. The Hall–Kier alpha value is -2.76. The number of urea groups is 1. The molecule has 3 amide bonds. The third-order valence-corrected chi connectivity index (χ3v) is 3.49. The highest BCUT2D eigenvalue weighted by atomic mass is 16.5. The highest BCUT2D eigenvalue weighted by Crippen LogP contribution is 2.21. The zero-order valence-electron chi connectivity index (χ0n) is 15.1. The number of rotatable bonds is 5. The van der Waals surface area contributed by atoms with Crippen molar-refractivity contribution in [3.05, 3.63) is 42.0 Å². The van der Waals surface area contributed by atoms with Gasteiger partial charge in [0.2, 0.25) is 5.91 Å². The zero-order chi connectivity index (χ0) is 18.4. The fraction of sp³-hybridized carbons (Fsp3) is 0.368. The summed E-state index contributed by atoms with van der Waals surface area (Å²) in [5, 5.41) is 10.2. The first-order valence-electron chi connectivity index (χ1n) is 8.16. The maximum Gasteiger partial charge on any atom is 0.315 e.